The van der Waals surface area contributed by atoms with E-state index in [2.05, 4.69) is 0 Å². The largest absolute Gasteiger partial charge is 0.493 e. The molecule has 0 radical (unpaired) electrons. The number of rotatable bonds is 5. The van der Waals surface area contributed by atoms with Crippen molar-refractivity contribution < 1.29 is 18.3 Å². The Labute approximate surface area is 115 Å². The van der Waals surface area contributed by atoms with Gasteiger partial charge in [0.2, 0.25) is 0 Å². The standard InChI is InChI=1S/C15H15F2NO2/c1-19-14-4-2-3-5-15(14)20-9-13(18)11-7-6-10(16)8-12(11)17/h2-8,13H,9,18H2,1H3. The molecule has 2 aromatic carbocycles. The Morgan fingerprint density at radius 2 is 1.80 bits per heavy atom. The molecule has 0 aliphatic rings. The van der Waals surface area contributed by atoms with Gasteiger partial charge in [0.1, 0.15) is 18.2 Å². The number of hydrogen-bond acceptors (Lipinski definition) is 3. The Hall–Kier alpha value is -2.14. The first-order chi connectivity index (χ1) is 9.61. The van der Waals surface area contributed by atoms with E-state index in [0.29, 0.717) is 11.5 Å². The van der Waals surface area contributed by atoms with E-state index >= 15 is 0 Å². The van der Waals surface area contributed by atoms with Crippen LogP contribution in [-0.2, 0) is 0 Å². The number of hydrogen-bond donors (Lipinski definition) is 1. The molecule has 20 heavy (non-hydrogen) atoms. The van der Waals surface area contributed by atoms with Crippen LogP contribution in [-0.4, -0.2) is 13.7 Å². The monoisotopic (exact) mass is 279 g/mol. The number of halogens is 2. The van der Waals surface area contributed by atoms with Crippen LogP contribution >= 0.6 is 0 Å². The first-order valence-electron chi connectivity index (χ1n) is 6.08. The Morgan fingerprint density at radius 1 is 1.10 bits per heavy atom. The summed E-state index contributed by atoms with van der Waals surface area (Å²) in [6, 6.07) is 9.68. The van der Waals surface area contributed by atoms with Crippen molar-refractivity contribution in [1.82, 2.24) is 0 Å². The van der Waals surface area contributed by atoms with Crippen molar-refractivity contribution in [3.05, 3.63) is 59.7 Å². The SMILES string of the molecule is COc1ccccc1OCC(N)c1ccc(F)cc1F. The van der Waals surface area contributed by atoms with Crippen molar-refractivity contribution in [1.29, 1.82) is 0 Å². The van der Waals surface area contributed by atoms with Crippen LogP contribution in [0.2, 0.25) is 0 Å². The summed E-state index contributed by atoms with van der Waals surface area (Å²) in [6.07, 6.45) is 0. The summed E-state index contributed by atoms with van der Waals surface area (Å²) < 4.78 is 37.1. The minimum atomic E-state index is -0.694. The van der Waals surface area contributed by atoms with E-state index in [1.165, 1.54) is 19.2 Å². The van der Waals surface area contributed by atoms with Crippen molar-refractivity contribution in [2.24, 2.45) is 5.73 Å². The third-order valence-corrected chi connectivity index (χ3v) is 2.85. The highest BCUT2D eigenvalue weighted by Crippen LogP contribution is 2.27. The van der Waals surface area contributed by atoms with Crippen LogP contribution < -0.4 is 15.2 Å². The van der Waals surface area contributed by atoms with Gasteiger partial charge in [-0.3, -0.25) is 0 Å². The molecule has 5 heteroatoms. The lowest BCUT2D eigenvalue weighted by molar-refractivity contribution is 0.271. The Balaban J connectivity index is 2.06. The van der Waals surface area contributed by atoms with Crippen LogP contribution in [0.25, 0.3) is 0 Å². The quantitative estimate of drug-likeness (QED) is 0.915. The summed E-state index contributed by atoms with van der Waals surface area (Å²) in [6.45, 7) is 0.0585. The minimum absolute atomic E-state index is 0.0585. The van der Waals surface area contributed by atoms with Crippen molar-refractivity contribution in [2.45, 2.75) is 6.04 Å². The van der Waals surface area contributed by atoms with Gasteiger partial charge in [-0.25, -0.2) is 8.78 Å². The van der Waals surface area contributed by atoms with Gasteiger partial charge in [-0.2, -0.15) is 0 Å². The summed E-state index contributed by atoms with van der Waals surface area (Å²) in [5, 5.41) is 0. The van der Waals surface area contributed by atoms with Gasteiger partial charge in [0.05, 0.1) is 13.2 Å². The maximum Gasteiger partial charge on any atom is 0.161 e. The predicted octanol–water partition coefficient (Wildman–Crippen LogP) is 3.05. The highest BCUT2D eigenvalue weighted by atomic mass is 19.1. The molecule has 0 aliphatic heterocycles. The topological polar surface area (TPSA) is 44.5 Å². The van der Waals surface area contributed by atoms with Crippen molar-refractivity contribution in [3.8, 4) is 11.5 Å². The average Bonchev–Trinajstić information content (AvgIpc) is 2.45. The van der Waals surface area contributed by atoms with E-state index in [4.69, 9.17) is 15.2 Å². The number of nitrogens with two attached hydrogens (primary N) is 1. The molecule has 1 unspecified atom stereocenters. The van der Waals surface area contributed by atoms with Gasteiger partial charge in [-0.1, -0.05) is 18.2 Å². The molecule has 0 saturated carbocycles. The Bertz CT molecular complexity index is 590. The van der Waals surface area contributed by atoms with E-state index in [0.717, 1.165) is 6.07 Å². The smallest absolute Gasteiger partial charge is 0.161 e. The lowest BCUT2D eigenvalue weighted by atomic mass is 10.1. The van der Waals surface area contributed by atoms with Crippen molar-refractivity contribution in [3.63, 3.8) is 0 Å². The molecule has 3 nitrogen and oxygen atoms in total. The lowest BCUT2D eigenvalue weighted by Crippen LogP contribution is -2.20. The molecular formula is C15H15F2NO2. The molecule has 0 saturated heterocycles. The summed E-state index contributed by atoms with van der Waals surface area (Å²) in [4.78, 5) is 0. The van der Waals surface area contributed by atoms with Crippen LogP contribution in [0.3, 0.4) is 0 Å². The van der Waals surface area contributed by atoms with E-state index in [1.54, 1.807) is 18.2 Å². The van der Waals surface area contributed by atoms with Crippen LogP contribution in [0.5, 0.6) is 11.5 Å². The highest BCUT2D eigenvalue weighted by Gasteiger charge is 2.14. The fraction of sp³-hybridized carbons (Fsp3) is 0.200. The second-order valence-electron chi connectivity index (χ2n) is 4.23. The highest BCUT2D eigenvalue weighted by molar-refractivity contribution is 5.39. The summed E-state index contributed by atoms with van der Waals surface area (Å²) >= 11 is 0. The van der Waals surface area contributed by atoms with Crippen molar-refractivity contribution in [2.75, 3.05) is 13.7 Å². The molecule has 2 aromatic rings. The third kappa shape index (κ3) is 3.24. The van der Waals surface area contributed by atoms with E-state index < -0.39 is 17.7 Å². The zero-order valence-electron chi connectivity index (χ0n) is 11.0. The number of benzene rings is 2. The number of methoxy groups -OCH3 is 1. The van der Waals surface area contributed by atoms with Gasteiger partial charge in [-0.05, 0) is 18.2 Å². The van der Waals surface area contributed by atoms with E-state index in [9.17, 15) is 8.78 Å². The van der Waals surface area contributed by atoms with Gasteiger partial charge in [0.15, 0.2) is 11.5 Å². The Morgan fingerprint density at radius 3 is 2.45 bits per heavy atom. The molecule has 0 amide bonds. The van der Waals surface area contributed by atoms with Gasteiger partial charge in [0, 0.05) is 11.6 Å². The molecule has 1 atom stereocenters. The molecule has 0 bridgehead atoms. The molecular weight excluding hydrogens is 264 g/mol. The molecule has 106 valence electrons. The molecule has 0 spiro atoms. The normalized spacial score (nSPS) is 12.0. The van der Waals surface area contributed by atoms with Crippen molar-refractivity contribution >= 4 is 0 Å². The molecule has 2 N–H and O–H groups in total. The second-order valence-corrected chi connectivity index (χ2v) is 4.23. The average molecular weight is 279 g/mol. The zero-order chi connectivity index (χ0) is 14.5. The number of ether oxygens (including phenoxy) is 2. The minimum Gasteiger partial charge on any atom is -0.493 e. The molecule has 0 fully saturated rings. The van der Waals surface area contributed by atoms with Gasteiger partial charge in [-0.15, -0.1) is 0 Å². The van der Waals surface area contributed by atoms with E-state index in [1.807, 2.05) is 6.07 Å². The van der Waals surface area contributed by atoms with Gasteiger partial charge >= 0.3 is 0 Å². The predicted molar refractivity (Wildman–Crippen MR) is 71.8 cm³/mol. The van der Waals surface area contributed by atoms with E-state index in [-0.39, 0.29) is 12.2 Å². The third-order valence-electron chi connectivity index (χ3n) is 2.85. The number of para-hydroxylation sites is 2. The fourth-order valence-electron chi connectivity index (χ4n) is 1.81. The van der Waals surface area contributed by atoms with Crippen LogP contribution in [0.15, 0.2) is 42.5 Å². The maximum absolute atomic E-state index is 13.6. The summed E-state index contributed by atoms with van der Waals surface area (Å²) in [7, 11) is 1.53. The Kier molecular flexibility index (Phi) is 4.53. The lowest BCUT2D eigenvalue weighted by Gasteiger charge is -2.15. The zero-order valence-corrected chi connectivity index (χ0v) is 11.0. The molecule has 0 heterocycles. The van der Waals surface area contributed by atoms with Crippen LogP contribution in [0.4, 0.5) is 8.78 Å². The molecule has 0 aromatic heterocycles. The van der Waals surface area contributed by atoms with Gasteiger partial charge < -0.3 is 15.2 Å². The maximum atomic E-state index is 13.6. The fourth-order valence-corrected chi connectivity index (χ4v) is 1.81. The molecule has 0 aliphatic carbocycles. The first kappa shape index (κ1) is 14.3. The van der Waals surface area contributed by atoms with Crippen LogP contribution in [0.1, 0.15) is 11.6 Å². The summed E-state index contributed by atoms with van der Waals surface area (Å²) in [5.41, 5.74) is 6.07. The molecule has 2 rings (SSSR count). The first-order valence-corrected chi connectivity index (χ1v) is 6.08. The van der Waals surface area contributed by atoms with Gasteiger partial charge in [0.25, 0.3) is 0 Å². The summed E-state index contributed by atoms with van der Waals surface area (Å²) in [5.74, 6) is -0.225. The second kappa shape index (κ2) is 6.34. The van der Waals surface area contributed by atoms with Crippen LogP contribution in [0, 0.1) is 11.6 Å².